The van der Waals surface area contributed by atoms with Gasteiger partial charge in [0.2, 0.25) is 0 Å². The van der Waals surface area contributed by atoms with E-state index >= 15 is 0 Å². The first kappa shape index (κ1) is 12.2. The molecule has 2 aliphatic carbocycles. The number of nitrogens with one attached hydrogen (secondary N) is 1. The van der Waals surface area contributed by atoms with Crippen LogP contribution >= 0.6 is 0 Å². The van der Waals surface area contributed by atoms with Gasteiger partial charge in [-0.1, -0.05) is 0 Å². The van der Waals surface area contributed by atoms with Crippen molar-refractivity contribution in [1.82, 2.24) is 9.97 Å². The Balaban J connectivity index is 1.87. The Hall–Kier alpha value is -1.83. The molecule has 0 amide bonds. The molecular formula is C14H19N5. The second-order valence-corrected chi connectivity index (χ2v) is 5.33. The summed E-state index contributed by atoms with van der Waals surface area (Å²) >= 11 is 0. The first-order valence-corrected chi connectivity index (χ1v) is 7.02. The fraction of sp³-hybridized carbons (Fsp3) is 0.643. The molecule has 0 saturated heterocycles. The van der Waals surface area contributed by atoms with Crippen LogP contribution in [0, 0.1) is 11.3 Å². The van der Waals surface area contributed by atoms with Gasteiger partial charge in [-0.05, 0) is 25.7 Å². The number of rotatable bonds is 6. The van der Waals surface area contributed by atoms with Gasteiger partial charge in [-0.3, -0.25) is 0 Å². The van der Waals surface area contributed by atoms with E-state index in [0.717, 1.165) is 24.0 Å². The minimum Gasteiger partial charge on any atom is -0.373 e. The highest BCUT2D eigenvalue weighted by Crippen LogP contribution is 2.40. The monoisotopic (exact) mass is 257 g/mol. The Labute approximate surface area is 113 Å². The summed E-state index contributed by atoms with van der Waals surface area (Å²) in [7, 11) is 1.89. The lowest BCUT2D eigenvalue weighted by molar-refractivity contribution is 0.766. The van der Waals surface area contributed by atoms with Crippen molar-refractivity contribution < 1.29 is 0 Å². The number of anilines is 2. The van der Waals surface area contributed by atoms with E-state index in [4.69, 9.17) is 10.2 Å². The highest BCUT2D eigenvalue weighted by molar-refractivity contribution is 5.51. The Bertz CT molecular complexity index is 499. The molecule has 0 radical (unpaired) electrons. The van der Waals surface area contributed by atoms with Crippen LogP contribution in [0.15, 0.2) is 6.07 Å². The van der Waals surface area contributed by atoms with Gasteiger partial charge in [0.1, 0.15) is 17.5 Å². The van der Waals surface area contributed by atoms with E-state index in [1.54, 1.807) is 0 Å². The van der Waals surface area contributed by atoms with Crippen LogP contribution in [0.2, 0.25) is 0 Å². The molecule has 0 unspecified atom stereocenters. The summed E-state index contributed by atoms with van der Waals surface area (Å²) in [6.45, 7) is 0.769. The Morgan fingerprint density at radius 1 is 1.37 bits per heavy atom. The second kappa shape index (κ2) is 5.04. The maximum absolute atomic E-state index is 8.80. The molecular weight excluding hydrogens is 238 g/mol. The fourth-order valence-corrected chi connectivity index (χ4v) is 2.29. The van der Waals surface area contributed by atoms with E-state index in [2.05, 4.69) is 21.3 Å². The molecule has 1 aromatic rings. The third-order valence-electron chi connectivity index (χ3n) is 3.67. The average molecular weight is 257 g/mol. The van der Waals surface area contributed by atoms with Crippen LogP contribution in [0.25, 0.3) is 0 Å². The van der Waals surface area contributed by atoms with Crippen LogP contribution in [0.3, 0.4) is 0 Å². The fourth-order valence-electron chi connectivity index (χ4n) is 2.29. The van der Waals surface area contributed by atoms with E-state index in [1.807, 2.05) is 13.1 Å². The normalized spacial score (nSPS) is 17.9. The zero-order valence-corrected chi connectivity index (χ0v) is 11.3. The smallest absolute Gasteiger partial charge is 0.136 e. The minimum atomic E-state index is 0.545. The van der Waals surface area contributed by atoms with E-state index < -0.39 is 0 Å². The Morgan fingerprint density at radius 2 is 2.16 bits per heavy atom. The van der Waals surface area contributed by atoms with Crippen LogP contribution < -0.4 is 10.2 Å². The average Bonchev–Trinajstić information content (AvgIpc) is 3.30. The maximum atomic E-state index is 8.80. The Kier molecular flexibility index (Phi) is 3.24. The summed E-state index contributed by atoms with van der Waals surface area (Å²) in [6.07, 6.45) is 5.38. The first-order valence-electron chi connectivity index (χ1n) is 7.02. The summed E-state index contributed by atoms with van der Waals surface area (Å²) in [5.41, 5.74) is 0. The molecule has 1 heterocycles. The molecule has 0 bridgehead atoms. The van der Waals surface area contributed by atoms with Crippen molar-refractivity contribution >= 4 is 11.6 Å². The lowest BCUT2D eigenvalue weighted by Gasteiger charge is -2.23. The highest BCUT2D eigenvalue weighted by atomic mass is 15.2. The van der Waals surface area contributed by atoms with Gasteiger partial charge in [-0.25, -0.2) is 9.97 Å². The lowest BCUT2D eigenvalue weighted by Crippen LogP contribution is -2.28. The summed E-state index contributed by atoms with van der Waals surface area (Å²) in [6, 6.07) is 4.80. The molecule has 3 rings (SSSR count). The Morgan fingerprint density at radius 3 is 2.74 bits per heavy atom. The van der Waals surface area contributed by atoms with Gasteiger partial charge < -0.3 is 10.2 Å². The molecule has 100 valence electrons. The molecule has 19 heavy (non-hydrogen) atoms. The number of hydrogen-bond acceptors (Lipinski definition) is 5. The number of hydrogen-bond donors (Lipinski definition) is 1. The van der Waals surface area contributed by atoms with Gasteiger partial charge in [0.15, 0.2) is 0 Å². The standard InChI is InChI=1S/C14H19N5/c1-16-12-9-13(18-14(17-12)10-3-4-10)19(8-2-7-15)11-5-6-11/h9-11H,2-6,8H2,1H3,(H,16,17,18). The van der Waals surface area contributed by atoms with Gasteiger partial charge in [-0.2, -0.15) is 5.26 Å². The minimum absolute atomic E-state index is 0.545. The van der Waals surface area contributed by atoms with Crippen LogP contribution in [-0.2, 0) is 0 Å². The van der Waals surface area contributed by atoms with Gasteiger partial charge in [0.25, 0.3) is 0 Å². The second-order valence-electron chi connectivity index (χ2n) is 5.33. The summed E-state index contributed by atoms with van der Waals surface area (Å²) in [4.78, 5) is 11.5. The van der Waals surface area contributed by atoms with Crippen molar-refractivity contribution in [3.63, 3.8) is 0 Å². The van der Waals surface area contributed by atoms with Gasteiger partial charge in [-0.15, -0.1) is 0 Å². The molecule has 0 spiro atoms. The van der Waals surface area contributed by atoms with E-state index in [9.17, 15) is 0 Å². The summed E-state index contributed by atoms with van der Waals surface area (Å²) in [5.74, 6) is 3.38. The van der Waals surface area contributed by atoms with Crippen LogP contribution in [0.4, 0.5) is 11.6 Å². The van der Waals surface area contributed by atoms with Gasteiger partial charge in [0.05, 0.1) is 12.5 Å². The highest BCUT2D eigenvalue weighted by Gasteiger charge is 2.32. The zero-order valence-electron chi connectivity index (χ0n) is 11.3. The molecule has 0 atom stereocenters. The quantitative estimate of drug-likeness (QED) is 0.847. The lowest BCUT2D eigenvalue weighted by atomic mass is 10.3. The molecule has 0 aromatic carbocycles. The van der Waals surface area contributed by atoms with Crippen LogP contribution in [-0.4, -0.2) is 29.6 Å². The summed E-state index contributed by atoms with van der Waals surface area (Å²) in [5, 5.41) is 11.9. The van der Waals surface area contributed by atoms with Crippen molar-refractivity contribution in [2.24, 2.45) is 0 Å². The van der Waals surface area contributed by atoms with Crippen molar-refractivity contribution in [2.45, 2.75) is 44.1 Å². The number of nitriles is 1. The van der Waals surface area contributed by atoms with Crippen molar-refractivity contribution in [3.8, 4) is 6.07 Å². The van der Waals surface area contributed by atoms with E-state index in [0.29, 0.717) is 18.4 Å². The molecule has 5 heteroatoms. The largest absolute Gasteiger partial charge is 0.373 e. The number of aromatic nitrogens is 2. The topological polar surface area (TPSA) is 64.8 Å². The van der Waals surface area contributed by atoms with Crippen molar-refractivity contribution in [2.75, 3.05) is 23.8 Å². The number of nitrogens with zero attached hydrogens (tertiary/aromatic N) is 4. The van der Waals surface area contributed by atoms with Gasteiger partial charge >= 0.3 is 0 Å². The van der Waals surface area contributed by atoms with Crippen LogP contribution in [0.5, 0.6) is 0 Å². The van der Waals surface area contributed by atoms with Gasteiger partial charge in [0, 0.05) is 31.6 Å². The predicted octanol–water partition coefficient (Wildman–Crippen LogP) is 2.28. The molecule has 2 fully saturated rings. The first-order chi connectivity index (χ1) is 9.31. The zero-order chi connectivity index (χ0) is 13.2. The van der Waals surface area contributed by atoms with Crippen LogP contribution in [0.1, 0.15) is 43.8 Å². The third kappa shape index (κ3) is 2.78. The predicted molar refractivity (Wildman–Crippen MR) is 74.2 cm³/mol. The molecule has 2 aliphatic rings. The van der Waals surface area contributed by atoms with Crippen molar-refractivity contribution in [1.29, 1.82) is 5.26 Å². The van der Waals surface area contributed by atoms with E-state index in [1.165, 1.54) is 25.7 Å². The third-order valence-corrected chi connectivity index (χ3v) is 3.67. The SMILES string of the molecule is CNc1cc(N(CCC#N)C2CC2)nc(C2CC2)n1. The van der Waals surface area contributed by atoms with Crippen molar-refractivity contribution in [3.05, 3.63) is 11.9 Å². The molecule has 1 N–H and O–H groups in total. The molecule has 0 aliphatic heterocycles. The molecule has 1 aromatic heterocycles. The maximum Gasteiger partial charge on any atom is 0.136 e. The molecule has 2 saturated carbocycles. The summed E-state index contributed by atoms with van der Waals surface area (Å²) < 4.78 is 0. The van der Waals surface area contributed by atoms with E-state index in [-0.39, 0.29) is 0 Å². The molecule has 5 nitrogen and oxygen atoms in total.